The zero-order valence-electron chi connectivity index (χ0n) is 10.3. The highest BCUT2D eigenvalue weighted by atomic mass is 79.9. The van der Waals surface area contributed by atoms with Crippen molar-refractivity contribution in [2.45, 2.75) is 12.5 Å². The van der Waals surface area contributed by atoms with Crippen molar-refractivity contribution in [1.82, 2.24) is 5.43 Å². The van der Waals surface area contributed by atoms with E-state index in [1.165, 1.54) is 24.3 Å². The van der Waals surface area contributed by atoms with Crippen LogP contribution >= 0.6 is 27.5 Å². The fraction of sp³-hybridized carbons (Fsp3) is 0.143. The summed E-state index contributed by atoms with van der Waals surface area (Å²) in [4.78, 5) is 0. The molecule has 1 unspecified atom stereocenters. The molecule has 2 nitrogen and oxygen atoms in total. The first kappa shape index (κ1) is 15.4. The molecule has 0 bridgehead atoms. The number of benzene rings is 2. The van der Waals surface area contributed by atoms with Gasteiger partial charge in [-0.15, -0.1) is 0 Å². The van der Waals surface area contributed by atoms with Gasteiger partial charge in [-0.1, -0.05) is 39.7 Å². The Hall–Kier alpha value is -1.01. The van der Waals surface area contributed by atoms with Gasteiger partial charge in [-0.3, -0.25) is 11.3 Å². The fourth-order valence-corrected chi connectivity index (χ4v) is 2.82. The summed E-state index contributed by atoms with van der Waals surface area (Å²) in [5.74, 6) is 4.83. The van der Waals surface area contributed by atoms with Gasteiger partial charge in [0.05, 0.1) is 6.04 Å². The maximum absolute atomic E-state index is 13.1. The summed E-state index contributed by atoms with van der Waals surface area (Å²) >= 11 is 9.31. The highest BCUT2D eigenvalue weighted by molar-refractivity contribution is 9.10. The molecule has 2 rings (SSSR count). The van der Waals surface area contributed by atoms with Crippen LogP contribution in [-0.2, 0) is 6.42 Å². The van der Waals surface area contributed by atoms with Crippen molar-refractivity contribution < 1.29 is 8.78 Å². The number of rotatable bonds is 4. The van der Waals surface area contributed by atoms with Gasteiger partial charge in [0.25, 0.3) is 0 Å². The second-order valence-electron chi connectivity index (χ2n) is 4.32. The molecule has 0 radical (unpaired) electrons. The van der Waals surface area contributed by atoms with Gasteiger partial charge < -0.3 is 0 Å². The summed E-state index contributed by atoms with van der Waals surface area (Å²) < 4.78 is 26.7. The second-order valence-corrected chi connectivity index (χ2v) is 5.59. The Balaban J connectivity index is 2.28. The number of nitrogens with one attached hydrogen (secondary N) is 1. The Labute approximate surface area is 129 Å². The van der Waals surface area contributed by atoms with Crippen molar-refractivity contribution in [3.8, 4) is 0 Å². The zero-order valence-corrected chi connectivity index (χ0v) is 12.7. The summed E-state index contributed by atoms with van der Waals surface area (Å²) in [5.41, 5.74) is 4.22. The van der Waals surface area contributed by atoms with E-state index in [1.54, 1.807) is 12.1 Å². The van der Waals surface area contributed by atoms with Crippen LogP contribution in [0.15, 0.2) is 40.9 Å². The van der Waals surface area contributed by atoms with Crippen LogP contribution in [0.1, 0.15) is 17.2 Å². The Morgan fingerprint density at radius 3 is 2.40 bits per heavy atom. The molecule has 20 heavy (non-hydrogen) atoms. The molecule has 0 heterocycles. The van der Waals surface area contributed by atoms with E-state index in [9.17, 15) is 8.78 Å². The third kappa shape index (κ3) is 3.55. The molecule has 0 aliphatic rings. The van der Waals surface area contributed by atoms with E-state index in [0.29, 0.717) is 15.9 Å². The van der Waals surface area contributed by atoms with Gasteiger partial charge in [-0.25, -0.2) is 8.78 Å². The standard InChI is InChI=1S/C14H12BrClF2N2/c15-12-6-9(17)3-4-11(12)14(20-19)5-8-1-2-10(18)7-13(8)16/h1-4,6-7,14,20H,5,19H2. The molecule has 0 fully saturated rings. The summed E-state index contributed by atoms with van der Waals surface area (Å²) in [5, 5.41) is 0.337. The molecule has 0 aliphatic heterocycles. The maximum Gasteiger partial charge on any atom is 0.124 e. The largest absolute Gasteiger partial charge is 0.271 e. The van der Waals surface area contributed by atoms with E-state index in [1.807, 2.05) is 0 Å². The van der Waals surface area contributed by atoms with Crippen LogP contribution in [0.2, 0.25) is 5.02 Å². The fourth-order valence-electron chi connectivity index (χ4n) is 1.95. The van der Waals surface area contributed by atoms with Gasteiger partial charge in [0.15, 0.2) is 0 Å². The summed E-state index contributed by atoms with van der Waals surface area (Å²) in [6, 6.07) is 8.30. The van der Waals surface area contributed by atoms with Crippen molar-refractivity contribution in [3.63, 3.8) is 0 Å². The quantitative estimate of drug-likeness (QED) is 0.635. The third-order valence-electron chi connectivity index (χ3n) is 2.98. The van der Waals surface area contributed by atoms with Crippen LogP contribution in [0.25, 0.3) is 0 Å². The molecule has 0 aliphatic carbocycles. The Morgan fingerprint density at radius 1 is 1.15 bits per heavy atom. The van der Waals surface area contributed by atoms with Crippen LogP contribution in [0.3, 0.4) is 0 Å². The van der Waals surface area contributed by atoms with Crippen molar-refractivity contribution >= 4 is 27.5 Å². The first-order valence-electron chi connectivity index (χ1n) is 5.86. The van der Waals surface area contributed by atoms with E-state index in [4.69, 9.17) is 17.4 Å². The number of hydrogen-bond acceptors (Lipinski definition) is 2. The molecular formula is C14H12BrClF2N2. The smallest absolute Gasteiger partial charge is 0.124 e. The SMILES string of the molecule is NNC(Cc1ccc(F)cc1Cl)c1ccc(F)cc1Br. The molecule has 0 amide bonds. The Morgan fingerprint density at radius 2 is 1.80 bits per heavy atom. The molecule has 0 saturated carbocycles. The van der Waals surface area contributed by atoms with E-state index < -0.39 is 0 Å². The molecule has 1 atom stereocenters. The molecule has 0 spiro atoms. The van der Waals surface area contributed by atoms with Crippen molar-refractivity contribution in [1.29, 1.82) is 0 Å². The van der Waals surface area contributed by atoms with Gasteiger partial charge in [-0.2, -0.15) is 0 Å². The van der Waals surface area contributed by atoms with Gasteiger partial charge in [0.1, 0.15) is 11.6 Å². The minimum absolute atomic E-state index is 0.270. The van der Waals surface area contributed by atoms with Crippen molar-refractivity contribution in [2.24, 2.45) is 5.84 Å². The average Bonchev–Trinajstić information content (AvgIpc) is 2.39. The van der Waals surface area contributed by atoms with Crippen LogP contribution in [0, 0.1) is 11.6 Å². The topological polar surface area (TPSA) is 38.0 Å². The first-order chi connectivity index (χ1) is 9.51. The van der Waals surface area contributed by atoms with Gasteiger partial charge in [0, 0.05) is 9.50 Å². The highest BCUT2D eigenvalue weighted by Crippen LogP contribution is 2.28. The monoisotopic (exact) mass is 360 g/mol. The molecule has 2 aromatic rings. The predicted octanol–water partition coefficient (Wildman–Crippen LogP) is 4.13. The lowest BCUT2D eigenvalue weighted by Gasteiger charge is -2.18. The van der Waals surface area contributed by atoms with Gasteiger partial charge in [0.2, 0.25) is 0 Å². The molecule has 3 N–H and O–H groups in total. The molecular weight excluding hydrogens is 350 g/mol. The number of hydrazine groups is 1. The second kappa shape index (κ2) is 6.63. The first-order valence-corrected chi connectivity index (χ1v) is 7.03. The summed E-state index contributed by atoms with van der Waals surface area (Å²) in [7, 11) is 0. The van der Waals surface area contributed by atoms with E-state index in [-0.39, 0.29) is 17.7 Å². The minimum Gasteiger partial charge on any atom is -0.271 e. The Bertz CT molecular complexity index is 622. The Kier molecular flexibility index (Phi) is 5.10. The van der Waals surface area contributed by atoms with Crippen LogP contribution < -0.4 is 11.3 Å². The van der Waals surface area contributed by atoms with Crippen LogP contribution in [-0.4, -0.2) is 0 Å². The lowest BCUT2D eigenvalue weighted by Crippen LogP contribution is -2.30. The summed E-state index contributed by atoms with van der Waals surface area (Å²) in [6.07, 6.45) is 0.458. The van der Waals surface area contributed by atoms with E-state index >= 15 is 0 Å². The molecule has 106 valence electrons. The van der Waals surface area contributed by atoms with Crippen LogP contribution in [0.5, 0.6) is 0 Å². The average molecular weight is 362 g/mol. The van der Waals surface area contributed by atoms with E-state index in [2.05, 4.69) is 21.4 Å². The van der Waals surface area contributed by atoms with Crippen molar-refractivity contribution in [2.75, 3.05) is 0 Å². The van der Waals surface area contributed by atoms with Crippen molar-refractivity contribution in [3.05, 3.63) is 68.7 Å². The molecule has 0 aromatic heterocycles. The highest BCUT2D eigenvalue weighted by Gasteiger charge is 2.16. The van der Waals surface area contributed by atoms with Crippen LogP contribution in [0.4, 0.5) is 8.78 Å². The normalized spacial score (nSPS) is 12.4. The number of nitrogens with two attached hydrogens (primary N) is 1. The lowest BCUT2D eigenvalue weighted by molar-refractivity contribution is 0.546. The zero-order chi connectivity index (χ0) is 14.7. The predicted molar refractivity (Wildman–Crippen MR) is 79.3 cm³/mol. The number of halogens is 4. The third-order valence-corrected chi connectivity index (χ3v) is 4.02. The minimum atomic E-state index is -0.390. The van der Waals surface area contributed by atoms with Gasteiger partial charge >= 0.3 is 0 Å². The van der Waals surface area contributed by atoms with Gasteiger partial charge in [-0.05, 0) is 41.8 Å². The molecule has 6 heteroatoms. The number of hydrogen-bond donors (Lipinski definition) is 2. The summed E-state index contributed by atoms with van der Waals surface area (Å²) in [6.45, 7) is 0. The lowest BCUT2D eigenvalue weighted by atomic mass is 9.99. The molecule has 0 saturated heterocycles. The molecule has 2 aromatic carbocycles. The van der Waals surface area contributed by atoms with E-state index in [0.717, 1.165) is 11.1 Å². The maximum atomic E-state index is 13.1.